The number of hydrogen-bond donors (Lipinski definition) is 1. The van der Waals surface area contributed by atoms with E-state index in [1.54, 1.807) is 0 Å². The van der Waals surface area contributed by atoms with Crippen molar-refractivity contribution < 1.29 is 31.8 Å². The van der Waals surface area contributed by atoms with Crippen LogP contribution in [-0.2, 0) is 11.8 Å². The van der Waals surface area contributed by atoms with Crippen molar-refractivity contribution in [1.82, 2.24) is 0 Å². The van der Waals surface area contributed by atoms with Gasteiger partial charge < -0.3 is 9.84 Å². The number of aliphatic hydroxyl groups is 1. The van der Waals surface area contributed by atoms with Crippen LogP contribution in [0.15, 0.2) is 36.4 Å². The van der Waals surface area contributed by atoms with E-state index in [-0.39, 0.29) is 21.9 Å². The van der Waals surface area contributed by atoms with Crippen molar-refractivity contribution in [3.8, 4) is 5.75 Å². The number of ether oxygens (including phenoxy) is 1. The average Bonchev–Trinajstić information content (AvgIpc) is 2.56. The van der Waals surface area contributed by atoms with Crippen LogP contribution in [0.4, 0.5) is 22.0 Å². The van der Waals surface area contributed by atoms with Crippen molar-refractivity contribution in [2.45, 2.75) is 43.9 Å². The molecule has 0 fully saturated rings. The molecule has 154 valence electrons. The van der Waals surface area contributed by atoms with Crippen LogP contribution in [0.25, 0.3) is 0 Å². The van der Waals surface area contributed by atoms with Gasteiger partial charge >= 0.3 is 6.18 Å². The van der Waals surface area contributed by atoms with Gasteiger partial charge in [-0.2, -0.15) is 13.2 Å². The average molecular weight is 423 g/mol. The van der Waals surface area contributed by atoms with Crippen molar-refractivity contribution in [3.63, 3.8) is 0 Å². The topological polar surface area (TPSA) is 29.5 Å². The van der Waals surface area contributed by atoms with Crippen molar-refractivity contribution in [1.29, 1.82) is 0 Å². The van der Waals surface area contributed by atoms with Gasteiger partial charge in [0, 0.05) is 17.0 Å². The molecule has 0 saturated heterocycles. The fraction of sp³-hybridized carbons (Fsp3) is 0.400. The van der Waals surface area contributed by atoms with Crippen LogP contribution >= 0.6 is 11.6 Å². The van der Waals surface area contributed by atoms with Crippen LogP contribution in [0, 0.1) is 11.6 Å². The van der Waals surface area contributed by atoms with Gasteiger partial charge in [0.05, 0.1) is 7.11 Å². The molecule has 8 heteroatoms. The summed E-state index contributed by atoms with van der Waals surface area (Å²) in [4.78, 5) is 0. The van der Waals surface area contributed by atoms with Crippen molar-refractivity contribution in [2.75, 3.05) is 7.11 Å². The molecule has 0 aromatic heterocycles. The molecule has 1 unspecified atom stereocenters. The summed E-state index contributed by atoms with van der Waals surface area (Å²) in [7, 11) is 1.31. The third kappa shape index (κ3) is 4.75. The SMILES string of the molecule is COc1ccc(F)cc1C(C)(C)CC(O)(Cc1cc(Cl)ccc1F)C(F)(F)F. The Kier molecular flexibility index (Phi) is 6.31. The van der Waals surface area contributed by atoms with E-state index in [0.717, 1.165) is 24.3 Å². The van der Waals surface area contributed by atoms with E-state index in [9.17, 15) is 27.1 Å². The molecule has 2 aromatic carbocycles. The molecule has 2 nitrogen and oxygen atoms in total. The van der Waals surface area contributed by atoms with Crippen LogP contribution in [0.3, 0.4) is 0 Å². The van der Waals surface area contributed by atoms with Crippen LogP contribution in [0.1, 0.15) is 31.4 Å². The molecule has 0 aliphatic heterocycles. The fourth-order valence-electron chi connectivity index (χ4n) is 3.29. The first-order chi connectivity index (χ1) is 12.8. The summed E-state index contributed by atoms with van der Waals surface area (Å²) < 4.78 is 74.3. The van der Waals surface area contributed by atoms with E-state index in [1.807, 2.05) is 0 Å². The molecule has 2 aromatic rings. The Morgan fingerprint density at radius 2 is 1.68 bits per heavy atom. The summed E-state index contributed by atoms with van der Waals surface area (Å²) in [5.74, 6) is -1.38. The van der Waals surface area contributed by atoms with E-state index in [4.69, 9.17) is 16.3 Å². The predicted molar refractivity (Wildman–Crippen MR) is 96.7 cm³/mol. The van der Waals surface area contributed by atoms with E-state index in [0.29, 0.717) is 0 Å². The second-order valence-electron chi connectivity index (χ2n) is 7.35. The molecule has 1 N–H and O–H groups in total. The first-order valence-corrected chi connectivity index (χ1v) is 8.74. The number of hydrogen-bond acceptors (Lipinski definition) is 2. The second-order valence-corrected chi connectivity index (χ2v) is 7.78. The summed E-state index contributed by atoms with van der Waals surface area (Å²) in [6.45, 7) is 2.85. The highest BCUT2D eigenvalue weighted by atomic mass is 35.5. The van der Waals surface area contributed by atoms with Crippen molar-refractivity contribution in [2.24, 2.45) is 0 Å². The Morgan fingerprint density at radius 3 is 2.25 bits per heavy atom. The molecule has 1 atom stereocenters. The Morgan fingerprint density at radius 1 is 1.04 bits per heavy atom. The lowest BCUT2D eigenvalue weighted by Gasteiger charge is -2.38. The fourth-order valence-corrected chi connectivity index (χ4v) is 3.49. The maximum atomic E-state index is 14.0. The molecular weight excluding hydrogens is 403 g/mol. The third-order valence-corrected chi connectivity index (χ3v) is 4.88. The van der Waals surface area contributed by atoms with Crippen molar-refractivity contribution >= 4 is 11.6 Å². The molecule has 0 spiro atoms. The Bertz CT molecular complexity index is 851. The molecule has 0 radical (unpaired) electrons. The number of alkyl halides is 3. The first kappa shape index (κ1) is 22.4. The Balaban J connectivity index is 2.49. The molecule has 0 bridgehead atoms. The predicted octanol–water partition coefficient (Wildman–Crippen LogP) is 5.83. The monoisotopic (exact) mass is 422 g/mol. The number of rotatable bonds is 6. The molecule has 0 saturated carbocycles. The third-order valence-electron chi connectivity index (χ3n) is 4.64. The van der Waals surface area contributed by atoms with Crippen LogP contribution in [-0.4, -0.2) is 24.0 Å². The van der Waals surface area contributed by atoms with Crippen LogP contribution < -0.4 is 4.74 Å². The van der Waals surface area contributed by atoms with Gasteiger partial charge in [0.15, 0.2) is 5.60 Å². The number of benzene rings is 2. The van der Waals surface area contributed by atoms with E-state index >= 15 is 0 Å². The standard InChI is InChI=1S/C20H20ClF5O2/c1-18(2,15-9-14(22)5-7-17(15)28-3)11-19(27,20(24,25)26)10-12-8-13(21)4-6-16(12)23/h4-9,27H,10-11H2,1-3H3. The van der Waals surface area contributed by atoms with E-state index in [1.165, 1.54) is 33.1 Å². The van der Waals surface area contributed by atoms with Gasteiger partial charge in [-0.3, -0.25) is 0 Å². The van der Waals surface area contributed by atoms with Crippen LogP contribution in [0.2, 0.25) is 5.02 Å². The lowest BCUT2D eigenvalue weighted by atomic mass is 9.72. The second kappa shape index (κ2) is 7.87. The Hall–Kier alpha value is -1.86. The molecule has 0 aliphatic rings. The molecule has 0 aliphatic carbocycles. The summed E-state index contributed by atoms with van der Waals surface area (Å²) in [6.07, 6.45) is -6.96. The van der Waals surface area contributed by atoms with Gasteiger partial charge in [-0.25, -0.2) is 8.78 Å². The van der Waals surface area contributed by atoms with Gasteiger partial charge in [-0.05, 0) is 53.8 Å². The number of methoxy groups -OCH3 is 1. The van der Waals surface area contributed by atoms with E-state index in [2.05, 4.69) is 0 Å². The summed E-state index contributed by atoms with van der Waals surface area (Å²) >= 11 is 5.76. The quantitative estimate of drug-likeness (QED) is 0.593. The summed E-state index contributed by atoms with van der Waals surface area (Å²) in [5, 5.41) is 10.6. The lowest BCUT2D eigenvalue weighted by Crippen LogP contribution is -2.51. The Labute approximate surface area is 164 Å². The van der Waals surface area contributed by atoms with E-state index < -0.39 is 41.7 Å². The largest absolute Gasteiger partial charge is 0.496 e. The maximum Gasteiger partial charge on any atom is 0.417 e. The summed E-state index contributed by atoms with van der Waals surface area (Å²) in [6, 6.07) is 6.67. The maximum absolute atomic E-state index is 14.0. The normalized spacial score (nSPS) is 14.6. The lowest BCUT2D eigenvalue weighted by molar-refractivity contribution is -0.266. The summed E-state index contributed by atoms with van der Waals surface area (Å²) in [5.41, 5.74) is -4.84. The minimum Gasteiger partial charge on any atom is -0.496 e. The zero-order chi connectivity index (χ0) is 21.3. The smallest absolute Gasteiger partial charge is 0.417 e. The zero-order valence-electron chi connectivity index (χ0n) is 15.5. The first-order valence-electron chi connectivity index (χ1n) is 8.36. The van der Waals surface area contributed by atoms with Gasteiger partial charge in [-0.1, -0.05) is 25.4 Å². The molecule has 28 heavy (non-hydrogen) atoms. The minimum absolute atomic E-state index is 0.0481. The van der Waals surface area contributed by atoms with Gasteiger partial charge in [-0.15, -0.1) is 0 Å². The molecule has 0 heterocycles. The highest BCUT2D eigenvalue weighted by Gasteiger charge is 2.56. The minimum atomic E-state index is -5.07. The molecule has 2 rings (SSSR count). The van der Waals surface area contributed by atoms with Gasteiger partial charge in [0.25, 0.3) is 0 Å². The van der Waals surface area contributed by atoms with Gasteiger partial charge in [0.1, 0.15) is 17.4 Å². The van der Waals surface area contributed by atoms with Crippen LogP contribution in [0.5, 0.6) is 5.75 Å². The molecule has 0 amide bonds. The zero-order valence-corrected chi connectivity index (χ0v) is 16.3. The van der Waals surface area contributed by atoms with Crippen molar-refractivity contribution in [3.05, 3.63) is 64.2 Å². The van der Waals surface area contributed by atoms with Gasteiger partial charge in [0.2, 0.25) is 0 Å². The highest BCUT2D eigenvalue weighted by molar-refractivity contribution is 6.30. The molecular formula is C20H20ClF5O2. The number of halogens is 6. The highest BCUT2D eigenvalue weighted by Crippen LogP contribution is 2.45.